The summed E-state index contributed by atoms with van der Waals surface area (Å²) in [6.07, 6.45) is 36.9. The Morgan fingerprint density at radius 2 is 0.583 bits per heavy atom. The molecule has 60 heavy (non-hydrogen) atoms. The van der Waals surface area contributed by atoms with Crippen LogP contribution in [-0.4, -0.2) is 0 Å². The van der Waals surface area contributed by atoms with E-state index in [1.165, 1.54) is 213 Å². The number of hydrogen-bond donors (Lipinski definition) is 0. The van der Waals surface area contributed by atoms with Crippen molar-refractivity contribution < 1.29 is 0 Å². The van der Waals surface area contributed by atoms with Gasteiger partial charge in [0.15, 0.2) is 0 Å². The summed E-state index contributed by atoms with van der Waals surface area (Å²) in [6, 6.07) is 32.8. The first-order valence-corrected chi connectivity index (χ1v) is 25.5. The number of rotatable bonds is 30. The van der Waals surface area contributed by atoms with Crippen LogP contribution in [0.1, 0.15) is 230 Å². The van der Waals surface area contributed by atoms with Gasteiger partial charge in [-0.1, -0.05) is 242 Å². The highest BCUT2D eigenvalue weighted by Gasteiger charge is 2.43. The maximum Gasteiger partial charge on any atom is 0.0860 e. The summed E-state index contributed by atoms with van der Waals surface area (Å²) in [5, 5.41) is 10.2. The molecule has 0 saturated heterocycles. The third kappa shape index (κ3) is 11.3. The largest absolute Gasteiger partial charge is 0.151 e. The van der Waals surface area contributed by atoms with E-state index in [1.807, 2.05) is 0 Å². The number of fused-ring (bicyclic) bond motifs is 6. The molecule has 0 fully saturated rings. The molecule has 2 aliphatic rings. The smallest absolute Gasteiger partial charge is 0.0860 e. The minimum atomic E-state index is 0.0546. The zero-order chi connectivity index (χ0) is 41.9. The number of benzene rings is 4. The van der Waals surface area contributed by atoms with Crippen LogP contribution in [0.2, 0.25) is 0 Å². The van der Waals surface area contributed by atoms with Gasteiger partial charge in [-0.2, -0.15) is 10.2 Å². The van der Waals surface area contributed by atoms with Gasteiger partial charge in [0.1, 0.15) is 0 Å². The molecular formula is C58H82N2. The van der Waals surface area contributed by atoms with Gasteiger partial charge in [0.05, 0.1) is 11.4 Å². The van der Waals surface area contributed by atoms with Crippen LogP contribution in [0.15, 0.2) is 95.2 Å². The van der Waals surface area contributed by atoms with Crippen molar-refractivity contribution in [2.75, 3.05) is 0 Å². The van der Waals surface area contributed by atoms with Gasteiger partial charge in [-0.15, -0.1) is 0 Å². The first-order chi connectivity index (χ1) is 29.6. The Morgan fingerprint density at radius 3 is 0.917 bits per heavy atom. The van der Waals surface area contributed by atoms with Crippen LogP contribution in [0.4, 0.5) is 11.4 Å². The second kappa shape index (κ2) is 24.2. The molecule has 324 valence electrons. The molecule has 2 aliphatic carbocycles. The molecule has 2 heteroatoms. The Labute approximate surface area is 367 Å². The lowest BCUT2D eigenvalue weighted by Gasteiger charge is -2.33. The normalized spacial score (nSPS) is 14.4. The molecule has 0 atom stereocenters. The van der Waals surface area contributed by atoms with Crippen LogP contribution in [0.25, 0.3) is 22.3 Å². The van der Waals surface area contributed by atoms with Crippen LogP contribution in [0, 0.1) is 0 Å². The van der Waals surface area contributed by atoms with E-state index in [4.69, 9.17) is 10.2 Å². The SMILES string of the molecule is CCCCCCCCC1(CCCCCCCC)c2ccccc2-c2ccc(N=Nc3ccc4c(c3)C(CCCCCCCC)(CCCCCCCC)c3ccccc3-4)cc21. The number of hydrogen-bond acceptors (Lipinski definition) is 2. The highest BCUT2D eigenvalue weighted by atomic mass is 15.1. The monoisotopic (exact) mass is 807 g/mol. The quantitative estimate of drug-likeness (QED) is 0.0370. The average Bonchev–Trinajstić information content (AvgIpc) is 3.71. The fourth-order valence-corrected chi connectivity index (χ4v) is 11.3. The highest BCUT2D eigenvalue weighted by Crippen LogP contribution is 2.56. The van der Waals surface area contributed by atoms with E-state index >= 15 is 0 Å². The molecule has 0 spiro atoms. The molecule has 0 aliphatic heterocycles. The minimum Gasteiger partial charge on any atom is -0.151 e. The summed E-state index contributed by atoms with van der Waals surface area (Å²) in [5.41, 5.74) is 13.9. The lowest BCUT2D eigenvalue weighted by Crippen LogP contribution is -2.25. The summed E-state index contributed by atoms with van der Waals surface area (Å²) >= 11 is 0. The lowest BCUT2D eigenvalue weighted by molar-refractivity contribution is 0.398. The Balaban J connectivity index is 1.29. The molecule has 4 aromatic rings. The number of azo groups is 1. The van der Waals surface area contributed by atoms with Crippen LogP contribution in [0.5, 0.6) is 0 Å². The fraction of sp³-hybridized carbons (Fsp3) is 0.586. The van der Waals surface area contributed by atoms with Crippen LogP contribution in [-0.2, 0) is 10.8 Å². The number of nitrogens with zero attached hydrogens (tertiary/aromatic N) is 2. The van der Waals surface area contributed by atoms with E-state index in [1.54, 1.807) is 11.1 Å². The molecule has 4 aromatic carbocycles. The molecule has 0 radical (unpaired) electrons. The van der Waals surface area contributed by atoms with Crippen molar-refractivity contribution in [1.29, 1.82) is 0 Å². The summed E-state index contributed by atoms with van der Waals surface area (Å²) in [4.78, 5) is 0. The van der Waals surface area contributed by atoms with Gasteiger partial charge in [0.2, 0.25) is 0 Å². The first-order valence-electron chi connectivity index (χ1n) is 25.5. The minimum absolute atomic E-state index is 0.0546. The van der Waals surface area contributed by atoms with Crippen molar-refractivity contribution in [3.8, 4) is 22.3 Å². The molecule has 0 amide bonds. The molecule has 0 bridgehead atoms. The molecule has 0 saturated carbocycles. The molecular weight excluding hydrogens is 725 g/mol. The summed E-state index contributed by atoms with van der Waals surface area (Å²) in [6.45, 7) is 9.29. The Morgan fingerprint density at radius 1 is 0.300 bits per heavy atom. The Bertz CT molecular complexity index is 1730. The van der Waals surface area contributed by atoms with E-state index in [-0.39, 0.29) is 10.8 Å². The van der Waals surface area contributed by atoms with Gasteiger partial charge in [-0.3, -0.25) is 0 Å². The summed E-state index contributed by atoms with van der Waals surface area (Å²) < 4.78 is 0. The molecule has 6 rings (SSSR count). The molecule has 2 nitrogen and oxygen atoms in total. The van der Waals surface area contributed by atoms with Gasteiger partial charge >= 0.3 is 0 Å². The van der Waals surface area contributed by atoms with Gasteiger partial charge in [-0.05, 0) is 94.5 Å². The van der Waals surface area contributed by atoms with E-state index in [0.29, 0.717) is 0 Å². The Hall–Kier alpha value is -3.52. The van der Waals surface area contributed by atoms with Crippen molar-refractivity contribution in [3.63, 3.8) is 0 Å². The van der Waals surface area contributed by atoms with Gasteiger partial charge in [0, 0.05) is 10.8 Å². The number of unbranched alkanes of at least 4 members (excludes halogenated alkanes) is 20. The lowest BCUT2D eigenvalue weighted by atomic mass is 9.70. The van der Waals surface area contributed by atoms with Crippen LogP contribution >= 0.6 is 0 Å². The van der Waals surface area contributed by atoms with Gasteiger partial charge in [0.25, 0.3) is 0 Å². The average molecular weight is 807 g/mol. The summed E-state index contributed by atoms with van der Waals surface area (Å²) in [5.74, 6) is 0. The van der Waals surface area contributed by atoms with Gasteiger partial charge < -0.3 is 0 Å². The Kier molecular flexibility index (Phi) is 18.6. The van der Waals surface area contributed by atoms with E-state index in [2.05, 4.69) is 113 Å². The molecule has 0 heterocycles. The summed E-state index contributed by atoms with van der Waals surface area (Å²) in [7, 11) is 0. The zero-order valence-electron chi connectivity index (χ0n) is 38.8. The standard InChI is InChI=1S/C58H82N2/c1-5-9-13-17-21-29-41-57(42-30-22-18-14-10-6-2)53-35-27-25-33-49(53)51-39-37-47(45-55(51)57)59-60-48-38-40-52-50-34-26-28-36-54(50)58(56(52)46-48,43-31-23-19-15-11-7-3)44-32-24-20-16-12-8-4/h25-28,33-40,45-46H,5-24,29-32,41-44H2,1-4H3. The van der Waals surface area contributed by atoms with Crippen molar-refractivity contribution in [2.45, 2.75) is 218 Å². The molecule has 0 N–H and O–H groups in total. The predicted molar refractivity (Wildman–Crippen MR) is 261 cm³/mol. The van der Waals surface area contributed by atoms with Crippen LogP contribution in [0.3, 0.4) is 0 Å². The second-order valence-corrected chi connectivity index (χ2v) is 19.0. The van der Waals surface area contributed by atoms with Crippen LogP contribution < -0.4 is 0 Å². The maximum atomic E-state index is 5.10. The highest BCUT2D eigenvalue weighted by molar-refractivity contribution is 5.83. The van der Waals surface area contributed by atoms with Gasteiger partial charge in [-0.25, -0.2) is 0 Å². The third-order valence-corrected chi connectivity index (χ3v) is 14.6. The molecule has 0 aromatic heterocycles. The topological polar surface area (TPSA) is 24.7 Å². The maximum absolute atomic E-state index is 5.10. The predicted octanol–water partition coefficient (Wildman–Crippen LogP) is 19.6. The van der Waals surface area contributed by atoms with Crippen molar-refractivity contribution in [1.82, 2.24) is 0 Å². The van der Waals surface area contributed by atoms with Crippen molar-refractivity contribution in [2.24, 2.45) is 10.2 Å². The van der Waals surface area contributed by atoms with E-state index < -0.39 is 0 Å². The van der Waals surface area contributed by atoms with Crippen molar-refractivity contribution in [3.05, 3.63) is 107 Å². The molecule has 0 unspecified atom stereocenters. The second-order valence-electron chi connectivity index (χ2n) is 19.0. The van der Waals surface area contributed by atoms with Crippen molar-refractivity contribution >= 4 is 11.4 Å². The van der Waals surface area contributed by atoms with E-state index in [9.17, 15) is 0 Å². The fourth-order valence-electron chi connectivity index (χ4n) is 11.3. The zero-order valence-corrected chi connectivity index (χ0v) is 38.8. The first kappa shape index (κ1) is 46.0. The third-order valence-electron chi connectivity index (χ3n) is 14.6. The van der Waals surface area contributed by atoms with E-state index in [0.717, 1.165) is 11.4 Å².